The van der Waals surface area contributed by atoms with Gasteiger partial charge in [0.15, 0.2) is 0 Å². The third-order valence-electron chi connectivity index (χ3n) is 9.44. The highest BCUT2D eigenvalue weighted by Gasteiger charge is 2.78. The van der Waals surface area contributed by atoms with E-state index in [4.69, 9.17) is 9.47 Å². The molecule has 44 heavy (non-hydrogen) atoms. The Balaban J connectivity index is 1.56. The Bertz CT molecular complexity index is 1380. The predicted octanol–water partition coefficient (Wildman–Crippen LogP) is 4.36. The Morgan fingerprint density at radius 1 is 0.977 bits per heavy atom. The van der Waals surface area contributed by atoms with E-state index in [1.54, 1.807) is 46.1 Å². The topological polar surface area (TPSA) is 99.6 Å². The van der Waals surface area contributed by atoms with Crippen LogP contribution in [0.5, 0.6) is 5.75 Å². The van der Waals surface area contributed by atoms with E-state index in [0.29, 0.717) is 55.8 Å². The molecule has 2 aromatic carbocycles. The average Bonchev–Trinajstić information content (AvgIpc) is 3.61. The van der Waals surface area contributed by atoms with E-state index in [1.807, 2.05) is 49.4 Å². The standard InChI is InChI=1S/C35H43N3O6/c1-5-21-36(25-13-9-7-10-14-25)31(40)28-29-32(41)38(23-11-8-12-24-39)30(35(29)20-19-34(28,3)44-35)33(42)37(22-6-2)26-15-17-27(43-4)18-16-26/h5-7,9-10,13-18,28-30,39H,1-2,8,11-12,19-24H2,3-4H3/t28-,29+,30?,34+,35?/m1/s1. The number of ether oxygens (including phenoxy) is 2. The SMILES string of the molecule is C=CCN(C(=O)C1N(CCCCCO)C(=O)[C@@H]2[C@H](C(=O)N(CC=C)c3ccccc3)[C@]3(C)CCC12O3)c1ccc(OC)cc1. The average molecular weight is 602 g/mol. The highest BCUT2D eigenvalue weighted by Crippen LogP contribution is 2.63. The fourth-order valence-corrected chi connectivity index (χ4v) is 7.48. The highest BCUT2D eigenvalue weighted by molar-refractivity contribution is 6.06. The molecule has 5 atom stereocenters. The number of amides is 3. The number of rotatable bonds is 14. The van der Waals surface area contributed by atoms with Crippen LogP contribution < -0.4 is 14.5 Å². The fourth-order valence-electron chi connectivity index (χ4n) is 7.48. The third kappa shape index (κ3) is 5.32. The zero-order chi connectivity index (χ0) is 31.5. The molecule has 3 aliphatic heterocycles. The van der Waals surface area contributed by atoms with Crippen molar-refractivity contribution in [3.05, 3.63) is 79.9 Å². The molecule has 0 saturated carbocycles. The van der Waals surface area contributed by atoms with Crippen LogP contribution >= 0.6 is 0 Å². The number of hydrogen-bond acceptors (Lipinski definition) is 6. The van der Waals surface area contributed by atoms with Crippen molar-refractivity contribution in [1.29, 1.82) is 0 Å². The number of aliphatic hydroxyl groups excluding tert-OH is 1. The Labute approximate surface area is 259 Å². The number of carbonyl (C=O) groups is 3. The van der Waals surface area contributed by atoms with Gasteiger partial charge in [-0.05, 0) is 75.4 Å². The molecule has 234 valence electrons. The number of methoxy groups -OCH3 is 1. The molecule has 3 fully saturated rings. The van der Waals surface area contributed by atoms with Crippen LogP contribution in [0.2, 0.25) is 0 Å². The van der Waals surface area contributed by atoms with Gasteiger partial charge in [0.05, 0.1) is 24.5 Å². The first kappa shape index (κ1) is 31.5. The van der Waals surface area contributed by atoms with Crippen molar-refractivity contribution in [3.8, 4) is 5.75 Å². The second kappa shape index (κ2) is 13.0. The molecule has 3 amide bonds. The summed E-state index contributed by atoms with van der Waals surface area (Å²) in [6.45, 7) is 10.6. The predicted molar refractivity (Wildman–Crippen MR) is 169 cm³/mol. The maximum atomic E-state index is 14.7. The van der Waals surface area contributed by atoms with Crippen LogP contribution in [0.4, 0.5) is 11.4 Å². The number of aliphatic hydroxyl groups is 1. The molecule has 3 heterocycles. The normalized spacial score (nSPS) is 26.8. The molecule has 0 aromatic heterocycles. The molecule has 0 aliphatic carbocycles. The van der Waals surface area contributed by atoms with Crippen LogP contribution in [0.1, 0.15) is 39.0 Å². The fraction of sp³-hybridized carbons (Fsp3) is 0.457. The molecule has 2 bridgehead atoms. The number of unbranched alkanes of at least 4 members (excludes halogenated alkanes) is 2. The number of likely N-dealkylation sites (tertiary alicyclic amines) is 1. The molecule has 3 saturated heterocycles. The van der Waals surface area contributed by atoms with Crippen LogP contribution in [0.15, 0.2) is 79.9 Å². The number of fused-ring (bicyclic) bond motifs is 1. The van der Waals surface area contributed by atoms with Gasteiger partial charge in [-0.1, -0.05) is 30.4 Å². The molecule has 2 unspecified atom stereocenters. The van der Waals surface area contributed by atoms with E-state index in [1.165, 1.54) is 0 Å². The molecule has 9 heteroatoms. The summed E-state index contributed by atoms with van der Waals surface area (Å²) in [5.74, 6) is -1.61. The van der Waals surface area contributed by atoms with Gasteiger partial charge in [0, 0.05) is 37.6 Å². The monoisotopic (exact) mass is 601 g/mol. The minimum Gasteiger partial charge on any atom is -0.497 e. The highest BCUT2D eigenvalue weighted by atomic mass is 16.5. The summed E-state index contributed by atoms with van der Waals surface area (Å²) >= 11 is 0. The first-order valence-corrected chi connectivity index (χ1v) is 15.4. The molecule has 5 rings (SSSR count). The summed E-state index contributed by atoms with van der Waals surface area (Å²) < 4.78 is 12.2. The Hall–Kier alpha value is -3.95. The lowest BCUT2D eigenvalue weighted by Gasteiger charge is -2.37. The molecule has 1 N–H and O–H groups in total. The number of nitrogens with zero attached hydrogens (tertiary/aromatic N) is 3. The lowest BCUT2D eigenvalue weighted by molar-refractivity contribution is -0.144. The zero-order valence-electron chi connectivity index (χ0n) is 25.7. The molecular weight excluding hydrogens is 558 g/mol. The molecule has 9 nitrogen and oxygen atoms in total. The lowest BCUT2D eigenvalue weighted by atomic mass is 9.66. The number of carbonyl (C=O) groups excluding carboxylic acids is 3. The van der Waals surface area contributed by atoms with Crippen LogP contribution in [-0.2, 0) is 19.1 Å². The van der Waals surface area contributed by atoms with Crippen LogP contribution in [-0.4, -0.2) is 78.3 Å². The van der Waals surface area contributed by atoms with Crippen molar-refractivity contribution in [2.75, 3.05) is 43.2 Å². The lowest BCUT2D eigenvalue weighted by Crippen LogP contribution is -2.56. The smallest absolute Gasteiger partial charge is 0.253 e. The molecule has 2 aromatic rings. The minimum atomic E-state index is -1.15. The Kier molecular flexibility index (Phi) is 9.27. The second-order valence-corrected chi connectivity index (χ2v) is 12.1. The van der Waals surface area contributed by atoms with Gasteiger partial charge in [-0.25, -0.2) is 0 Å². The van der Waals surface area contributed by atoms with Crippen molar-refractivity contribution < 1.29 is 29.0 Å². The number of anilines is 2. The maximum absolute atomic E-state index is 14.7. The second-order valence-electron chi connectivity index (χ2n) is 12.1. The van der Waals surface area contributed by atoms with Gasteiger partial charge in [0.2, 0.25) is 11.8 Å². The van der Waals surface area contributed by atoms with Crippen LogP contribution in [0.3, 0.4) is 0 Å². The van der Waals surface area contributed by atoms with E-state index in [9.17, 15) is 19.5 Å². The van der Waals surface area contributed by atoms with Crippen LogP contribution in [0, 0.1) is 11.8 Å². The van der Waals surface area contributed by atoms with E-state index in [2.05, 4.69) is 13.2 Å². The Morgan fingerprint density at radius 2 is 1.61 bits per heavy atom. The van der Waals surface area contributed by atoms with E-state index in [-0.39, 0.29) is 37.4 Å². The minimum absolute atomic E-state index is 0.0596. The van der Waals surface area contributed by atoms with Crippen molar-refractivity contribution >= 4 is 29.1 Å². The summed E-state index contributed by atoms with van der Waals surface area (Å²) in [5, 5.41) is 9.35. The van der Waals surface area contributed by atoms with Gasteiger partial charge in [-0.3, -0.25) is 14.4 Å². The summed E-state index contributed by atoms with van der Waals surface area (Å²) in [4.78, 5) is 48.7. The maximum Gasteiger partial charge on any atom is 0.253 e. The largest absolute Gasteiger partial charge is 0.497 e. The van der Waals surface area contributed by atoms with Crippen molar-refractivity contribution in [3.63, 3.8) is 0 Å². The third-order valence-corrected chi connectivity index (χ3v) is 9.44. The van der Waals surface area contributed by atoms with Crippen molar-refractivity contribution in [2.45, 2.75) is 56.3 Å². The molecular formula is C35H43N3O6. The van der Waals surface area contributed by atoms with Gasteiger partial charge in [0.25, 0.3) is 5.91 Å². The molecule has 0 radical (unpaired) electrons. The molecule has 1 spiro atoms. The van der Waals surface area contributed by atoms with E-state index in [0.717, 1.165) is 0 Å². The van der Waals surface area contributed by atoms with Gasteiger partial charge in [0.1, 0.15) is 17.4 Å². The Morgan fingerprint density at radius 3 is 2.23 bits per heavy atom. The van der Waals surface area contributed by atoms with Gasteiger partial charge in [-0.15, -0.1) is 13.2 Å². The summed E-state index contributed by atoms with van der Waals surface area (Å²) in [6, 6.07) is 15.6. The van der Waals surface area contributed by atoms with Gasteiger partial charge >= 0.3 is 0 Å². The van der Waals surface area contributed by atoms with Crippen LogP contribution in [0.25, 0.3) is 0 Å². The van der Waals surface area contributed by atoms with Gasteiger partial charge in [-0.2, -0.15) is 0 Å². The first-order valence-electron chi connectivity index (χ1n) is 15.4. The quantitative estimate of drug-likeness (QED) is 0.255. The van der Waals surface area contributed by atoms with E-state index < -0.39 is 29.1 Å². The summed E-state index contributed by atoms with van der Waals surface area (Å²) in [5.41, 5.74) is -0.691. The van der Waals surface area contributed by atoms with E-state index >= 15 is 0 Å². The zero-order valence-corrected chi connectivity index (χ0v) is 25.7. The number of para-hydroxylation sites is 1. The number of benzene rings is 2. The summed E-state index contributed by atoms with van der Waals surface area (Å²) in [6.07, 6.45) is 6.30. The van der Waals surface area contributed by atoms with Crippen molar-refractivity contribution in [1.82, 2.24) is 4.90 Å². The first-order chi connectivity index (χ1) is 21.3. The van der Waals surface area contributed by atoms with Gasteiger partial charge < -0.3 is 29.3 Å². The number of hydrogen-bond donors (Lipinski definition) is 1. The molecule has 3 aliphatic rings. The summed E-state index contributed by atoms with van der Waals surface area (Å²) in [7, 11) is 1.58. The van der Waals surface area contributed by atoms with Crippen molar-refractivity contribution in [2.24, 2.45) is 11.8 Å².